The maximum Gasteiger partial charge on any atom is 0.326 e. The van der Waals surface area contributed by atoms with Crippen molar-refractivity contribution in [1.82, 2.24) is 4.90 Å². The quantitative estimate of drug-likeness (QED) is 0.569. The van der Waals surface area contributed by atoms with Gasteiger partial charge in [0.15, 0.2) is 0 Å². The zero-order valence-corrected chi connectivity index (χ0v) is 6.92. The molecule has 0 spiro atoms. The van der Waals surface area contributed by atoms with Crippen LogP contribution in [0.3, 0.4) is 0 Å². The Morgan fingerprint density at radius 2 is 2.38 bits per heavy atom. The van der Waals surface area contributed by atoms with Gasteiger partial charge in [0.2, 0.25) is 0 Å². The van der Waals surface area contributed by atoms with Gasteiger partial charge in [0.05, 0.1) is 6.10 Å². The Morgan fingerprint density at radius 1 is 1.69 bits per heavy atom. The first-order chi connectivity index (χ1) is 6.18. The van der Waals surface area contributed by atoms with E-state index in [-0.39, 0.29) is 6.42 Å². The normalized spacial score (nSPS) is 31.5. The van der Waals surface area contributed by atoms with Gasteiger partial charge in [0.25, 0.3) is 0 Å². The van der Waals surface area contributed by atoms with E-state index in [2.05, 4.69) is 4.99 Å². The molecule has 0 aliphatic carbocycles. The fourth-order valence-electron chi connectivity index (χ4n) is 1.61. The van der Waals surface area contributed by atoms with E-state index in [0.29, 0.717) is 12.4 Å². The van der Waals surface area contributed by atoms with Gasteiger partial charge in [-0.05, 0) is 6.08 Å². The first-order valence-corrected chi connectivity index (χ1v) is 4.10. The molecule has 2 atom stereocenters. The van der Waals surface area contributed by atoms with Crippen LogP contribution in [0.25, 0.3) is 0 Å². The van der Waals surface area contributed by atoms with E-state index >= 15 is 0 Å². The third-order valence-corrected chi connectivity index (χ3v) is 2.29. The zero-order chi connectivity index (χ0) is 9.42. The van der Waals surface area contributed by atoms with Crippen molar-refractivity contribution in [1.29, 1.82) is 0 Å². The summed E-state index contributed by atoms with van der Waals surface area (Å²) in [5, 5.41) is 18.1. The van der Waals surface area contributed by atoms with Crippen LogP contribution >= 0.6 is 0 Å². The smallest absolute Gasteiger partial charge is 0.326 e. The number of amidine groups is 1. The van der Waals surface area contributed by atoms with E-state index in [1.807, 2.05) is 0 Å². The van der Waals surface area contributed by atoms with Crippen molar-refractivity contribution in [3.63, 3.8) is 0 Å². The molecule has 2 rings (SSSR count). The molecule has 2 aliphatic heterocycles. The summed E-state index contributed by atoms with van der Waals surface area (Å²) in [6.45, 7) is 0.361. The molecule has 1 fully saturated rings. The molecule has 0 unspecified atom stereocenters. The predicted molar refractivity (Wildman–Crippen MR) is 45.3 cm³/mol. The molecule has 0 radical (unpaired) electrons. The number of likely N-dealkylation sites (tertiary alicyclic amines) is 1. The molecule has 70 valence electrons. The maximum atomic E-state index is 10.8. The van der Waals surface area contributed by atoms with Gasteiger partial charge in [-0.15, -0.1) is 0 Å². The summed E-state index contributed by atoms with van der Waals surface area (Å²) in [7, 11) is 0. The number of carboxylic acid groups (broad SMARTS) is 1. The highest BCUT2D eigenvalue weighted by molar-refractivity contribution is 5.99. The molecule has 0 aromatic carbocycles. The number of hydrogen-bond acceptors (Lipinski definition) is 4. The lowest BCUT2D eigenvalue weighted by Crippen LogP contribution is -2.40. The summed E-state index contributed by atoms with van der Waals surface area (Å²) in [6.07, 6.45) is 3.08. The van der Waals surface area contributed by atoms with E-state index in [4.69, 9.17) is 5.11 Å². The van der Waals surface area contributed by atoms with E-state index < -0.39 is 18.1 Å². The van der Waals surface area contributed by atoms with Gasteiger partial charge in [-0.2, -0.15) is 0 Å². The molecule has 0 amide bonds. The molecule has 5 nitrogen and oxygen atoms in total. The molecule has 5 heteroatoms. The second-order valence-corrected chi connectivity index (χ2v) is 3.20. The summed E-state index contributed by atoms with van der Waals surface area (Å²) in [5.41, 5.74) is 0. The van der Waals surface area contributed by atoms with Crippen molar-refractivity contribution in [3.8, 4) is 0 Å². The average Bonchev–Trinajstić information content (AvgIpc) is 2.27. The van der Waals surface area contributed by atoms with Gasteiger partial charge in [0.1, 0.15) is 11.9 Å². The second kappa shape index (κ2) is 2.85. The zero-order valence-electron chi connectivity index (χ0n) is 6.92. The maximum absolute atomic E-state index is 10.8. The standard InChI is InChI=1S/C8H10N2O3/c11-5-3-6(8(12)13)10(4-5)7-1-2-9-7/h1-2,5-6,11H,3-4H2,(H,12,13)/t5-,6+/m1/s1. The number of aliphatic carboxylic acids is 1. The van der Waals surface area contributed by atoms with E-state index in [1.165, 1.54) is 0 Å². The van der Waals surface area contributed by atoms with Crippen LogP contribution in [-0.4, -0.2) is 45.6 Å². The Kier molecular flexibility index (Phi) is 1.81. The van der Waals surface area contributed by atoms with E-state index in [0.717, 1.165) is 0 Å². The molecule has 0 aromatic heterocycles. The summed E-state index contributed by atoms with van der Waals surface area (Å²) in [5.74, 6) is -0.247. The van der Waals surface area contributed by atoms with Crippen LogP contribution < -0.4 is 0 Å². The number of aliphatic hydroxyl groups excluding tert-OH is 1. The van der Waals surface area contributed by atoms with Crippen molar-refractivity contribution in [2.75, 3.05) is 6.54 Å². The number of aliphatic imine (C=N–C) groups is 1. The molecule has 1 saturated heterocycles. The molecule has 0 aromatic rings. The van der Waals surface area contributed by atoms with Crippen LogP contribution in [0.2, 0.25) is 0 Å². The number of nitrogens with zero attached hydrogens (tertiary/aromatic N) is 2. The Bertz CT molecular complexity index is 298. The Hall–Kier alpha value is -1.36. The predicted octanol–water partition coefficient (Wildman–Crippen LogP) is -0.568. The highest BCUT2D eigenvalue weighted by Crippen LogP contribution is 2.20. The highest BCUT2D eigenvalue weighted by atomic mass is 16.4. The molecule has 0 bridgehead atoms. The van der Waals surface area contributed by atoms with Gasteiger partial charge in [-0.3, -0.25) is 0 Å². The topological polar surface area (TPSA) is 73.1 Å². The summed E-state index contributed by atoms with van der Waals surface area (Å²) >= 11 is 0. The van der Waals surface area contributed by atoms with Crippen LogP contribution in [0, 0.1) is 0 Å². The van der Waals surface area contributed by atoms with Crippen LogP contribution in [0.15, 0.2) is 17.3 Å². The monoisotopic (exact) mass is 182 g/mol. The lowest BCUT2D eigenvalue weighted by Gasteiger charge is -2.24. The number of carboxylic acids is 1. The van der Waals surface area contributed by atoms with Crippen LogP contribution in [0.1, 0.15) is 6.42 Å². The summed E-state index contributed by atoms with van der Waals surface area (Å²) in [6, 6.07) is -0.626. The van der Waals surface area contributed by atoms with Gasteiger partial charge in [-0.1, -0.05) is 0 Å². The molecule has 2 N–H and O–H groups in total. The Labute approximate surface area is 75.0 Å². The number of hydrogen-bond donors (Lipinski definition) is 2. The lowest BCUT2D eigenvalue weighted by atomic mass is 10.2. The van der Waals surface area contributed by atoms with Crippen molar-refractivity contribution >= 4 is 11.8 Å². The molecular formula is C8H10N2O3. The van der Waals surface area contributed by atoms with Crippen LogP contribution in [-0.2, 0) is 4.79 Å². The minimum atomic E-state index is -0.903. The molecular weight excluding hydrogens is 172 g/mol. The third-order valence-electron chi connectivity index (χ3n) is 2.29. The number of carbonyl (C=O) groups is 1. The van der Waals surface area contributed by atoms with Gasteiger partial charge >= 0.3 is 5.97 Å². The highest BCUT2D eigenvalue weighted by Gasteiger charge is 2.37. The van der Waals surface area contributed by atoms with Crippen molar-refractivity contribution in [2.45, 2.75) is 18.6 Å². The van der Waals surface area contributed by atoms with Crippen LogP contribution in [0.5, 0.6) is 0 Å². The molecule has 0 saturated carbocycles. The van der Waals surface area contributed by atoms with Crippen molar-refractivity contribution < 1.29 is 15.0 Å². The average molecular weight is 182 g/mol. The first-order valence-electron chi connectivity index (χ1n) is 4.10. The van der Waals surface area contributed by atoms with E-state index in [1.54, 1.807) is 17.2 Å². The minimum absolute atomic E-state index is 0.280. The van der Waals surface area contributed by atoms with E-state index in [9.17, 15) is 9.90 Å². The molecule has 13 heavy (non-hydrogen) atoms. The SMILES string of the molecule is O=C(O)[C@@H]1C[C@@H](O)CN1C1=NC=C1. The van der Waals surface area contributed by atoms with Crippen LogP contribution in [0.4, 0.5) is 0 Å². The Morgan fingerprint density at radius 3 is 2.85 bits per heavy atom. The van der Waals surface area contributed by atoms with Gasteiger partial charge < -0.3 is 15.1 Å². The fourth-order valence-corrected chi connectivity index (χ4v) is 1.61. The first kappa shape index (κ1) is 8.25. The molecule has 2 aliphatic rings. The van der Waals surface area contributed by atoms with Gasteiger partial charge in [-0.25, -0.2) is 9.79 Å². The minimum Gasteiger partial charge on any atom is -0.480 e. The largest absolute Gasteiger partial charge is 0.480 e. The number of rotatable bonds is 1. The second-order valence-electron chi connectivity index (χ2n) is 3.20. The summed E-state index contributed by atoms with van der Waals surface area (Å²) < 4.78 is 0. The van der Waals surface area contributed by atoms with Crippen molar-refractivity contribution in [3.05, 3.63) is 12.3 Å². The Balaban J connectivity index is 2.12. The fraction of sp³-hybridized carbons (Fsp3) is 0.500. The molecule has 2 heterocycles. The number of β-amino-alcohol motifs (C(OH)–C–C–N with tert-alkyl or cyclic N) is 1. The van der Waals surface area contributed by atoms with Crippen molar-refractivity contribution in [2.24, 2.45) is 4.99 Å². The number of aliphatic hydroxyl groups is 1. The lowest BCUT2D eigenvalue weighted by molar-refractivity contribution is -0.141. The van der Waals surface area contributed by atoms with Gasteiger partial charge in [0, 0.05) is 19.2 Å². The third kappa shape index (κ3) is 1.31. The summed E-state index contributed by atoms with van der Waals surface area (Å²) in [4.78, 5) is 16.3.